The SMILES string of the molecule is CCCC/C=C/CCCCCCCC/C=C/CC=O. The van der Waals surface area contributed by atoms with Gasteiger partial charge in [-0.25, -0.2) is 0 Å². The Bertz CT molecular complexity index is 228. The predicted octanol–water partition coefficient (Wildman–Crippen LogP) is 6.00. The minimum absolute atomic E-state index is 0.575. The van der Waals surface area contributed by atoms with Gasteiger partial charge in [-0.15, -0.1) is 0 Å². The monoisotopic (exact) mass is 264 g/mol. The van der Waals surface area contributed by atoms with Crippen molar-refractivity contribution >= 4 is 6.29 Å². The van der Waals surface area contributed by atoms with Crippen molar-refractivity contribution in [2.45, 2.75) is 84.0 Å². The molecule has 0 aliphatic rings. The smallest absolute Gasteiger partial charge is 0.123 e. The maximum Gasteiger partial charge on any atom is 0.123 e. The molecule has 0 radical (unpaired) electrons. The highest BCUT2D eigenvalue weighted by molar-refractivity contribution is 5.51. The molecular formula is C18H32O. The average Bonchev–Trinajstić information content (AvgIpc) is 2.43. The van der Waals surface area contributed by atoms with Crippen LogP contribution in [-0.4, -0.2) is 6.29 Å². The van der Waals surface area contributed by atoms with Gasteiger partial charge in [-0.2, -0.15) is 0 Å². The van der Waals surface area contributed by atoms with Crippen LogP contribution in [0.1, 0.15) is 84.0 Å². The summed E-state index contributed by atoms with van der Waals surface area (Å²) < 4.78 is 0. The summed E-state index contributed by atoms with van der Waals surface area (Å²) in [6, 6.07) is 0. The molecule has 1 heteroatoms. The fourth-order valence-corrected chi connectivity index (χ4v) is 2.06. The van der Waals surface area contributed by atoms with Crippen LogP contribution in [0, 0.1) is 0 Å². The number of carbonyl (C=O) groups is 1. The Morgan fingerprint density at radius 3 is 1.63 bits per heavy atom. The number of unbranched alkanes of at least 4 members (excludes halogenated alkanes) is 9. The van der Waals surface area contributed by atoms with Crippen LogP contribution in [0.4, 0.5) is 0 Å². The first kappa shape index (κ1) is 18.1. The van der Waals surface area contributed by atoms with E-state index in [4.69, 9.17) is 0 Å². The number of aldehydes is 1. The minimum atomic E-state index is 0.575. The quantitative estimate of drug-likeness (QED) is 0.214. The van der Waals surface area contributed by atoms with Crippen molar-refractivity contribution in [1.29, 1.82) is 0 Å². The van der Waals surface area contributed by atoms with Gasteiger partial charge >= 0.3 is 0 Å². The lowest BCUT2D eigenvalue weighted by Gasteiger charge is -1.99. The van der Waals surface area contributed by atoms with Crippen LogP contribution < -0.4 is 0 Å². The second-order valence-corrected chi connectivity index (χ2v) is 5.19. The molecule has 0 fully saturated rings. The van der Waals surface area contributed by atoms with Gasteiger partial charge in [-0.05, 0) is 32.1 Å². The van der Waals surface area contributed by atoms with Crippen LogP contribution in [0.15, 0.2) is 24.3 Å². The fourth-order valence-electron chi connectivity index (χ4n) is 2.06. The Hall–Kier alpha value is -0.850. The van der Waals surface area contributed by atoms with Gasteiger partial charge in [0.1, 0.15) is 6.29 Å². The third-order valence-electron chi connectivity index (χ3n) is 3.28. The van der Waals surface area contributed by atoms with Crippen molar-refractivity contribution in [1.82, 2.24) is 0 Å². The van der Waals surface area contributed by atoms with Crippen LogP contribution in [0.3, 0.4) is 0 Å². The summed E-state index contributed by atoms with van der Waals surface area (Å²) in [4.78, 5) is 10.1. The normalized spacial score (nSPS) is 11.6. The molecule has 0 aliphatic carbocycles. The molecule has 0 unspecified atom stereocenters. The molecule has 0 aromatic rings. The van der Waals surface area contributed by atoms with E-state index < -0.39 is 0 Å². The highest BCUT2D eigenvalue weighted by atomic mass is 16.1. The zero-order chi connectivity index (χ0) is 14.0. The van der Waals surface area contributed by atoms with Gasteiger partial charge in [0.2, 0.25) is 0 Å². The molecule has 0 bridgehead atoms. The van der Waals surface area contributed by atoms with Gasteiger partial charge in [0, 0.05) is 6.42 Å². The molecule has 110 valence electrons. The molecular weight excluding hydrogens is 232 g/mol. The summed E-state index contributed by atoms with van der Waals surface area (Å²) in [5.41, 5.74) is 0. The molecule has 0 atom stereocenters. The molecule has 0 aromatic heterocycles. The molecule has 0 heterocycles. The van der Waals surface area contributed by atoms with E-state index >= 15 is 0 Å². The van der Waals surface area contributed by atoms with Gasteiger partial charge in [0.05, 0.1) is 0 Å². The average molecular weight is 264 g/mol. The van der Waals surface area contributed by atoms with Crippen molar-refractivity contribution in [3.8, 4) is 0 Å². The van der Waals surface area contributed by atoms with E-state index in [0.29, 0.717) is 6.42 Å². The standard InChI is InChI=1S/C18H32O/c1-2-3-4-5-6-7-8-9-10-11-12-13-14-15-16-17-18-19/h5-6,15-16,18H,2-4,7-14,17H2,1H3/b6-5+,16-15+. The Balaban J connectivity index is 3.06. The van der Waals surface area contributed by atoms with E-state index in [1.165, 1.54) is 64.2 Å². The molecule has 0 aliphatic heterocycles. The van der Waals surface area contributed by atoms with Crippen molar-refractivity contribution in [3.05, 3.63) is 24.3 Å². The zero-order valence-corrected chi connectivity index (χ0v) is 12.8. The lowest BCUT2D eigenvalue weighted by Crippen LogP contribution is -1.79. The first-order chi connectivity index (χ1) is 9.41. The summed E-state index contributed by atoms with van der Waals surface area (Å²) in [5.74, 6) is 0. The fraction of sp³-hybridized carbons (Fsp3) is 0.722. The summed E-state index contributed by atoms with van der Waals surface area (Å²) >= 11 is 0. The van der Waals surface area contributed by atoms with Crippen LogP contribution in [0.5, 0.6) is 0 Å². The largest absolute Gasteiger partial charge is 0.303 e. The molecule has 0 rings (SSSR count). The van der Waals surface area contributed by atoms with Gasteiger partial charge in [0.25, 0.3) is 0 Å². The maximum atomic E-state index is 10.1. The van der Waals surface area contributed by atoms with Gasteiger partial charge < -0.3 is 4.79 Å². The third-order valence-corrected chi connectivity index (χ3v) is 3.28. The van der Waals surface area contributed by atoms with Gasteiger partial charge in [0.15, 0.2) is 0 Å². The maximum absolute atomic E-state index is 10.1. The van der Waals surface area contributed by atoms with Crippen LogP contribution in [0.2, 0.25) is 0 Å². The molecule has 0 aromatic carbocycles. The van der Waals surface area contributed by atoms with E-state index in [9.17, 15) is 4.79 Å². The summed E-state index contributed by atoms with van der Waals surface area (Å²) in [6.07, 6.45) is 24.7. The van der Waals surface area contributed by atoms with Crippen molar-refractivity contribution < 1.29 is 4.79 Å². The molecule has 0 N–H and O–H groups in total. The van der Waals surface area contributed by atoms with Crippen LogP contribution in [0.25, 0.3) is 0 Å². The van der Waals surface area contributed by atoms with E-state index in [0.717, 1.165) is 12.7 Å². The topological polar surface area (TPSA) is 17.1 Å². The van der Waals surface area contributed by atoms with E-state index in [-0.39, 0.29) is 0 Å². The Labute approximate surface area is 120 Å². The zero-order valence-electron chi connectivity index (χ0n) is 12.8. The van der Waals surface area contributed by atoms with Gasteiger partial charge in [-0.1, -0.05) is 69.8 Å². The Morgan fingerprint density at radius 2 is 1.11 bits per heavy atom. The van der Waals surface area contributed by atoms with Crippen molar-refractivity contribution in [2.24, 2.45) is 0 Å². The summed E-state index contributed by atoms with van der Waals surface area (Å²) in [6.45, 7) is 2.24. The molecule has 0 spiro atoms. The first-order valence-corrected chi connectivity index (χ1v) is 8.15. The molecule has 19 heavy (non-hydrogen) atoms. The number of hydrogen-bond donors (Lipinski definition) is 0. The molecule has 0 amide bonds. The molecule has 0 saturated carbocycles. The predicted molar refractivity (Wildman–Crippen MR) is 85.4 cm³/mol. The lowest BCUT2D eigenvalue weighted by molar-refractivity contribution is -0.107. The number of hydrogen-bond acceptors (Lipinski definition) is 1. The van der Waals surface area contributed by atoms with Crippen molar-refractivity contribution in [2.75, 3.05) is 0 Å². The third kappa shape index (κ3) is 17.1. The second kappa shape index (κ2) is 17.2. The molecule has 0 saturated heterocycles. The number of carbonyl (C=O) groups excluding carboxylic acids is 1. The van der Waals surface area contributed by atoms with E-state index in [2.05, 4.69) is 25.2 Å². The second-order valence-electron chi connectivity index (χ2n) is 5.19. The summed E-state index contributed by atoms with van der Waals surface area (Å²) in [7, 11) is 0. The van der Waals surface area contributed by atoms with Crippen LogP contribution >= 0.6 is 0 Å². The van der Waals surface area contributed by atoms with E-state index in [1.54, 1.807) is 0 Å². The summed E-state index contributed by atoms with van der Waals surface area (Å²) in [5, 5.41) is 0. The highest BCUT2D eigenvalue weighted by Crippen LogP contribution is 2.09. The van der Waals surface area contributed by atoms with Gasteiger partial charge in [-0.3, -0.25) is 0 Å². The molecule has 1 nitrogen and oxygen atoms in total. The highest BCUT2D eigenvalue weighted by Gasteiger charge is 1.90. The number of rotatable bonds is 14. The van der Waals surface area contributed by atoms with Crippen molar-refractivity contribution in [3.63, 3.8) is 0 Å². The minimum Gasteiger partial charge on any atom is -0.303 e. The van der Waals surface area contributed by atoms with E-state index in [1.807, 2.05) is 6.08 Å². The first-order valence-electron chi connectivity index (χ1n) is 8.15. The number of allylic oxidation sites excluding steroid dienone is 4. The Kier molecular flexibility index (Phi) is 16.4. The lowest BCUT2D eigenvalue weighted by atomic mass is 10.1. The van der Waals surface area contributed by atoms with Crippen LogP contribution in [-0.2, 0) is 4.79 Å². The Morgan fingerprint density at radius 1 is 0.632 bits per heavy atom.